The molecule has 5 rings (SSSR count). The van der Waals surface area contributed by atoms with Crippen molar-refractivity contribution in [2.24, 2.45) is 5.73 Å². The molecule has 2 aliphatic rings. The first-order valence-corrected chi connectivity index (χ1v) is 16.5. The molecule has 2 fully saturated rings. The molecular weight excluding hydrogens is 630 g/mol. The van der Waals surface area contributed by atoms with Crippen molar-refractivity contribution < 1.29 is 30.8 Å². The standard InChI is InChI=1S/C28H30ClF4N5O3S2/c29-17-8-6-16(7-9-17)24(27-37-23(15-42-27)28(31,32)33)25(34)26(39)36-22-5-1-4-21(30)20(22)11-10-19-13-35-18-3-2-12-43(40,41)38(19)14-18/h1,4-9,15,18-19,24-25,35H,2-3,10-14,34H2,(H,36,39). The Bertz CT molecular complexity index is 1570. The van der Waals surface area contributed by atoms with Crippen LogP contribution in [-0.4, -0.2) is 60.6 Å². The number of carbonyl (C=O) groups is 1. The van der Waals surface area contributed by atoms with Gasteiger partial charge in [0.15, 0.2) is 5.69 Å². The number of hydrogen-bond donors (Lipinski definition) is 3. The normalized spacial score (nSPS) is 23.3. The number of sulfonamides is 1. The molecule has 1 amide bonds. The quantitative estimate of drug-likeness (QED) is 0.301. The SMILES string of the molecule is NC(C(=O)Nc1cccc(F)c1CCC1CNC2CCCS(=O)(=O)N1C2)C(c1ccc(Cl)cc1)c1nc(C(F)(F)F)cs1. The second-order valence-corrected chi connectivity index (χ2v) is 14.1. The van der Waals surface area contributed by atoms with Gasteiger partial charge in [0, 0.05) is 46.8 Å². The number of nitrogens with zero attached hydrogens (tertiary/aromatic N) is 2. The lowest BCUT2D eigenvalue weighted by atomic mass is 9.91. The molecule has 0 radical (unpaired) electrons. The number of alkyl halides is 3. The number of anilines is 1. The number of thiazole rings is 1. The second kappa shape index (κ2) is 12.8. The number of benzene rings is 2. The fourth-order valence-corrected chi connectivity index (χ4v) is 8.52. The van der Waals surface area contributed by atoms with Crippen molar-refractivity contribution in [3.63, 3.8) is 0 Å². The van der Waals surface area contributed by atoms with Crippen molar-refractivity contribution >= 4 is 44.6 Å². The highest BCUT2D eigenvalue weighted by Gasteiger charge is 2.39. The molecule has 3 aromatic rings. The number of amides is 1. The molecule has 15 heteroatoms. The van der Waals surface area contributed by atoms with Gasteiger partial charge in [0.2, 0.25) is 15.9 Å². The molecule has 2 aromatic carbocycles. The molecule has 0 aliphatic carbocycles. The zero-order valence-corrected chi connectivity index (χ0v) is 25.2. The Hall–Kier alpha value is -2.62. The summed E-state index contributed by atoms with van der Waals surface area (Å²) in [5.74, 6) is -2.33. The molecule has 0 spiro atoms. The van der Waals surface area contributed by atoms with Gasteiger partial charge >= 0.3 is 6.18 Å². The minimum Gasteiger partial charge on any atom is -0.324 e. The Morgan fingerprint density at radius 3 is 2.67 bits per heavy atom. The van der Waals surface area contributed by atoms with Crippen LogP contribution in [0, 0.1) is 5.82 Å². The average Bonchev–Trinajstić information content (AvgIpc) is 3.41. The Morgan fingerprint density at radius 1 is 1.23 bits per heavy atom. The molecule has 5 atom stereocenters. The van der Waals surface area contributed by atoms with Gasteiger partial charge in [-0.15, -0.1) is 11.3 Å². The van der Waals surface area contributed by atoms with E-state index in [0.29, 0.717) is 36.5 Å². The van der Waals surface area contributed by atoms with Gasteiger partial charge in [0.1, 0.15) is 10.8 Å². The van der Waals surface area contributed by atoms with Gasteiger partial charge < -0.3 is 16.4 Å². The van der Waals surface area contributed by atoms with Crippen LogP contribution in [0.15, 0.2) is 47.8 Å². The van der Waals surface area contributed by atoms with Crippen molar-refractivity contribution in [1.29, 1.82) is 0 Å². The predicted octanol–water partition coefficient (Wildman–Crippen LogP) is 4.75. The minimum atomic E-state index is -4.68. The van der Waals surface area contributed by atoms with Crippen LogP contribution in [0.5, 0.6) is 0 Å². The molecule has 5 unspecified atom stereocenters. The first-order valence-electron chi connectivity index (χ1n) is 13.7. The Labute approximate surface area is 255 Å². The Morgan fingerprint density at radius 2 is 1.98 bits per heavy atom. The summed E-state index contributed by atoms with van der Waals surface area (Å²) in [4.78, 5) is 17.2. The lowest BCUT2D eigenvalue weighted by Crippen LogP contribution is -2.57. The summed E-state index contributed by atoms with van der Waals surface area (Å²) in [6, 6.07) is 8.64. The zero-order valence-electron chi connectivity index (χ0n) is 22.8. The number of fused-ring (bicyclic) bond motifs is 2. The van der Waals surface area contributed by atoms with Gasteiger partial charge in [-0.25, -0.2) is 17.8 Å². The molecule has 232 valence electrons. The maximum atomic E-state index is 15.1. The van der Waals surface area contributed by atoms with Crippen molar-refractivity contribution in [1.82, 2.24) is 14.6 Å². The molecule has 3 heterocycles. The number of rotatable bonds is 8. The number of piperazine rings is 1. The van der Waals surface area contributed by atoms with E-state index < -0.39 is 45.6 Å². The Kier molecular flexibility index (Phi) is 9.45. The highest BCUT2D eigenvalue weighted by atomic mass is 35.5. The van der Waals surface area contributed by atoms with Crippen LogP contribution in [-0.2, 0) is 27.4 Å². The number of aromatic nitrogens is 1. The molecule has 2 aliphatic heterocycles. The minimum absolute atomic E-state index is 0.0153. The highest BCUT2D eigenvalue weighted by molar-refractivity contribution is 7.89. The van der Waals surface area contributed by atoms with Crippen LogP contribution in [0.1, 0.15) is 47.0 Å². The Balaban J connectivity index is 1.37. The lowest BCUT2D eigenvalue weighted by Gasteiger charge is -2.37. The number of hydrogen-bond acceptors (Lipinski definition) is 7. The largest absolute Gasteiger partial charge is 0.434 e. The molecule has 2 bridgehead atoms. The van der Waals surface area contributed by atoms with Crippen LogP contribution in [0.4, 0.5) is 23.2 Å². The van der Waals surface area contributed by atoms with Gasteiger partial charge in [0.05, 0.1) is 17.7 Å². The molecule has 0 saturated carbocycles. The van der Waals surface area contributed by atoms with Crippen LogP contribution >= 0.6 is 22.9 Å². The summed E-state index contributed by atoms with van der Waals surface area (Å²) in [5, 5.41) is 7.27. The topological polar surface area (TPSA) is 117 Å². The van der Waals surface area contributed by atoms with Crippen LogP contribution in [0.2, 0.25) is 5.02 Å². The molecule has 2 saturated heterocycles. The van der Waals surface area contributed by atoms with Crippen LogP contribution in [0.3, 0.4) is 0 Å². The van der Waals surface area contributed by atoms with E-state index in [9.17, 15) is 26.4 Å². The third kappa shape index (κ3) is 7.21. The summed E-state index contributed by atoms with van der Waals surface area (Å²) < 4.78 is 82.3. The van der Waals surface area contributed by atoms with Gasteiger partial charge in [-0.1, -0.05) is 29.8 Å². The average molecular weight is 660 g/mol. The number of nitrogens with two attached hydrogens (primary N) is 1. The third-order valence-electron chi connectivity index (χ3n) is 7.84. The predicted molar refractivity (Wildman–Crippen MR) is 157 cm³/mol. The van der Waals surface area contributed by atoms with E-state index in [2.05, 4.69) is 15.6 Å². The summed E-state index contributed by atoms with van der Waals surface area (Å²) in [7, 11) is -3.44. The summed E-state index contributed by atoms with van der Waals surface area (Å²) in [6.45, 7) is 0.795. The number of nitrogens with one attached hydrogen (secondary N) is 2. The maximum Gasteiger partial charge on any atom is 0.434 e. The molecular formula is C28H30ClF4N5O3S2. The highest BCUT2D eigenvalue weighted by Crippen LogP contribution is 2.36. The number of halogens is 5. The molecule has 4 N–H and O–H groups in total. The van der Waals surface area contributed by atoms with Crippen molar-refractivity contribution in [2.75, 3.05) is 24.2 Å². The van der Waals surface area contributed by atoms with Gasteiger partial charge in [-0.3, -0.25) is 4.79 Å². The van der Waals surface area contributed by atoms with E-state index in [1.54, 1.807) is 12.1 Å². The molecule has 1 aromatic heterocycles. The van der Waals surface area contributed by atoms with Gasteiger partial charge in [0.25, 0.3) is 0 Å². The smallest absolute Gasteiger partial charge is 0.324 e. The summed E-state index contributed by atoms with van der Waals surface area (Å²) in [5.41, 5.74) is 6.02. The van der Waals surface area contributed by atoms with E-state index in [-0.39, 0.29) is 40.5 Å². The van der Waals surface area contributed by atoms with Crippen molar-refractivity contribution in [3.05, 3.63) is 80.5 Å². The van der Waals surface area contributed by atoms with E-state index in [1.165, 1.54) is 34.6 Å². The first-order chi connectivity index (χ1) is 20.3. The fraction of sp³-hybridized carbons (Fsp3) is 0.429. The third-order valence-corrected chi connectivity index (χ3v) is 11.0. The monoisotopic (exact) mass is 659 g/mol. The summed E-state index contributed by atoms with van der Waals surface area (Å²) >= 11 is 6.73. The first kappa shape index (κ1) is 31.8. The van der Waals surface area contributed by atoms with E-state index in [4.69, 9.17) is 17.3 Å². The van der Waals surface area contributed by atoms with E-state index in [0.717, 1.165) is 23.1 Å². The van der Waals surface area contributed by atoms with Crippen LogP contribution in [0.25, 0.3) is 0 Å². The maximum absolute atomic E-state index is 15.1. The summed E-state index contributed by atoms with van der Waals surface area (Å²) in [6.07, 6.45) is -2.90. The molecule has 8 nitrogen and oxygen atoms in total. The van der Waals surface area contributed by atoms with Crippen molar-refractivity contribution in [3.8, 4) is 0 Å². The number of carbonyl (C=O) groups excluding carboxylic acids is 1. The molecule has 43 heavy (non-hydrogen) atoms. The van der Waals surface area contributed by atoms with Crippen molar-refractivity contribution in [2.45, 2.75) is 55.9 Å². The lowest BCUT2D eigenvalue weighted by molar-refractivity contribution is -0.140. The van der Waals surface area contributed by atoms with Gasteiger partial charge in [-0.2, -0.15) is 17.5 Å². The zero-order chi connectivity index (χ0) is 30.9. The van der Waals surface area contributed by atoms with Crippen LogP contribution < -0.4 is 16.4 Å². The second-order valence-electron chi connectivity index (χ2n) is 10.7. The van der Waals surface area contributed by atoms with E-state index in [1.807, 2.05) is 0 Å². The van der Waals surface area contributed by atoms with Gasteiger partial charge in [-0.05, 0) is 55.5 Å². The van der Waals surface area contributed by atoms with E-state index >= 15 is 4.39 Å². The fourth-order valence-electron chi connectivity index (χ4n) is 5.59.